The molecule has 1 heterocycles. The van der Waals surface area contributed by atoms with Gasteiger partial charge in [0.05, 0.1) is 5.54 Å². The Morgan fingerprint density at radius 2 is 2.19 bits per heavy atom. The number of amides is 2. The number of rotatable bonds is 2. The van der Waals surface area contributed by atoms with Gasteiger partial charge in [0.25, 0.3) is 0 Å². The smallest absolute Gasteiger partial charge is 0.317 e. The van der Waals surface area contributed by atoms with E-state index < -0.39 is 0 Å². The van der Waals surface area contributed by atoms with Gasteiger partial charge < -0.3 is 16.0 Å². The first-order chi connectivity index (χ1) is 7.68. The lowest BCUT2D eigenvalue weighted by Crippen LogP contribution is -2.62. The fraction of sp³-hybridized carbons (Fsp3) is 0.917. The van der Waals surface area contributed by atoms with Gasteiger partial charge in [-0.3, -0.25) is 0 Å². The molecule has 0 aromatic rings. The van der Waals surface area contributed by atoms with Gasteiger partial charge in [0.15, 0.2) is 0 Å². The molecule has 0 radical (unpaired) electrons. The van der Waals surface area contributed by atoms with Crippen LogP contribution >= 0.6 is 0 Å². The fourth-order valence-corrected chi connectivity index (χ4v) is 2.97. The third kappa shape index (κ3) is 2.03. The normalized spacial score (nSPS) is 36.0. The highest BCUT2D eigenvalue weighted by atomic mass is 16.2. The first-order valence-corrected chi connectivity index (χ1v) is 6.43. The van der Waals surface area contributed by atoms with Crippen LogP contribution in [0.3, 0.4) is 0 Å². The average molecular weight is 225 g/mol. The van der Waals surface area contributed by atoms with Crippen molar-refractivity contribution in [3.05, 3.63) is 0 Å². The highest BCUT2D eigenvalue weighted by Gasteiger charge is 2.41. The van der Waals surface area contributed by atoms with E-state index >= 15 is 0 Å². The van der Waals surface area contributed by atoms with Gasteiger partial charge in [0.1, 0.15) is 0 Å². The first kappa shape index (κ1) is 11.7. The summed E-state index contributed by atoms with van der Waals surface area (Å²) in [4.78, 5) is 13.9. The number of carbonyl (C=O) groups is 1. The van der Waals surface area contributed by atoms with E-state index in [1.165, 1.54) is 12.8 Å². The van der Waals surface area contributed by atoms with Gasteiger partial charge in [0.2, 0.25) is 0 Å². The Hall–Kier alpha value is -0.770. The molecule has 2 aliphatic rings. The Morgan fingerprint density at radius 3 is 2.75 bits per heavy atom. The molecule has 4 nitrogen and oxygen atoms in total. The molecule has 4 heteroatoms. The Balaban J connectivity index is 2.10. The number of nitrogens with two attached hydrogens (primary N) is 1. The van der Waals surface area contributed by atoms with E-state index in [0.29, 0.717) is 6.54 Å². The Morgan fingerprint density at radius 1 is 1.50 bits per heavy atom. The van der Waals surface area contributed by atoms with Crippen LogP contribution in [0.1, 0.15) is 39.0 Å². The van der Waals surface area contributed by atoms with Gasteiger partial charge in [-0.05, 0) is 38.0 Å². The van der Waals surface area contributed by atoms with Crippen LogP contribution in [0.5, 0.6) is 0 Å². The largest absolute Gasteiger partial charge is 0.338 e. The number of hydrogen-bond donors (Lipinski definition) is 2. The van der Waals surface area contributed by atoms with Crippen molar-refractivity contribution in [3.63, 3.8) is 0 Å². The second-order valence-electron chi connectivity index (χ2n) is 5.35. The zero-order chi connectivity index (χ0) is 11.6. The number of hydrogen-bond acceptors (Lipinski definition) is 2. The summed E-state index contributed by atoms with van der Waals surface area (Å²) in [5, 5.41) is 2.93. The molecule has 92 valence electrons. The number of nitrogens with zero attached hydrogens (tertiary/aromatic N) is 1. The zero-order valence-corrected chi connectivity index (χ0v) is 10.2. The summed E-state index contributed by atoms with van der Waals surface area (Å²) in [5.74, 6) is 0.785. The van der Waals surface area contributed by atoms with Crippen LogP contribution < -0.4 is 11.1 Å². The maximum atomic E-state index is 11.9. The summed E-state index contributed by atoms with van der Waals surface area (Å²) in [7, 11) is 0. The van der Waals surface area contributed by atoms with E-state index in [-0.39, 0.29) is 11.6 Å². The van der Waals surface area contributed by atoms with Gasteiger partial charge in [-0.15, -0.1) is 0 Å². The first-order valence-electron chi connectivity index (χ1n) is 6.43. The summed E-state index contributed by atoms with van der Waals surface area (Å²) in [6.07, 6.45) is 5.57. The van der Waals surface area contributed by atoms with Crippen molar-refractivity contribution >= 4 is 6.03 Å². The summed E-state index contributed by atoms with van der Waals surface area (Å²) in [6.45, 7) is 4.58. The molecule has 16 heavy (non-hydrogen) atoms. The number of carbonyl (C=O) groups excluding carboxylic acids is 1. The molecule has 3 N–H and O–H groups in total. The highest BCUT2D eigenvalue weighted by molar-refractivity contribution is 5.75. The van der Waals surface area contributed by atoms with Crippen molar-refractivity contribution < 1.29 is 4.79 Å². The lowest BCUT2D eigenvalue weighted by atomic mass is 9.76. The molecule has 0 unspecified atom stereocenters. The third-order valence-electron chi connectivity index (χ3n) is 4.24. The van der Waals surface area contributed by atoms with E-state index in [1.54, 1.807) is 0 Å². The molecule has 1 aliphatic carbocycles. The SMILES string of the molecule is CC1CCC(CN)(N2CCCNC2=O)CC1. The molecule has 0 aromatic carbocycles. The van der Waals surface area contributed by atoms with Crippen LogP contribution in [0.25, 0.3) is 0 Å². The lowest BCUT2D eigenvalue weighted by molar-refractivity contribution is 0.0623. The van der Waals surface area contributed by atoms with Crippen molar-refractivity contribution in [1.29, 1.82) is 0 Å². The molecule has 1 saturated heterocycles. The van der Waals surface area contributed by atoms with Gasteiger partial charge in [-0.1, -0.05) is 6.92 Å². The van der Waals surface area contributed by atoms with Gasteiger partial charge >= 0.3 is 6.03 Å². The third-order valence-corrected chi connectivity index (χ3v) is 4.24. The minimum absolute atomic E-state index is 0.0585. The Bertz CT molecular complexity index is 259. The Labute approximate surface area is 97.6 Å². The maximum absolute atomic E-state index is 11.9. The molecule has 2 amide bonds. The Kier molecular flexibility index (Phi) is 3.38. The molecule has 0 bridgehead atoms. The van der Waals surface area contributed by atoms with Crippen LogP contribution in [0, 0.1) is 5.92 Å². The second-order valence-corrected chi connectivity index (χ2v) is 5.35. The van der Waals surface area contributed by atoms with Crippen molar-refractivity contribution in [2.75, 3.05) is 19.6 Å². The van der Waals surface area contributed by atoms with E-state index in [4.69, 9.17) is 5.73 Å². The molecule has 2 rings (SSSR count). The average Bonchev–Trinajstić information content (AvgIpc) is 2.32. The minimum Gasteiger partial charge on any atom is -0.338 e. The number of urea groups is 1. The van der Waals surface area contributed by atoms with E-state index in [0.717, 1.165) is 38.3 Å². The molecular formula is C12H23N3O. The molecule has 2 fully saturated rings. The van der Waals surface area contributed by atoms with E-state index in [1.807, 2.05) is 4.90 Å². The topological polar surface area (TPSA) is 58.4 Å². The highest BCUT2D eigenvalue weighted by Crippen LogP contribution is 2.36. The monoisotopic (exact) mass is 225 g/mol. The molecule has 0 atom stereocenters. The van der Waals surface area contributed by atoms with Crippen LogP contribution in [0.15, 0.2) is 0 Å². The fourth-order valence-electron chi connectivity index (χ4n) is 2.97. The molecule has 1 aliphatic heterocycles. The van der Waals surface area contributed by atoms with Crippen molar-refractivity contribution in [2.24, 2.45) is 11.7 Å². The summed E-state index contributed by atoms with van der Waals surface area (Å²) >= 11 is 0. The predicted molar refractivity (Wildman–Crippen MR) is 64.1 cm³/mol. The molecular weight excluding hydrogens is 202 g/mol. The quantitative estimate of drug-likeness (QED) is 0.744. The zero-order valence-electron chi connectivity index (χ0n) is 10.2. The van der Waals surface area contributed by atoms with Crippen molar-refractivity contribution in [3.8, 4) is 0 Å². The van der Waals surface area contributed by atoms with E-state index in [2.05, 4.69) is 12.2 Å². The van der Waals surface area contributed by atoms with Crippen LogP contribution in [0.2, 0.25) is 0 Å². The van der Waals surface area contributed by atoms with Crippen molar-refractivity contribution in [2.45, 2.75) is 44.6 Å². The summed E-state index contributed by atoms with van der Waals surface area (Å²) in [5.41, 5.74) is 5.90. The molecule has 1 saturated carbocycles. The van der Waals surface area contributed by atoms with Crippen LogP contribution in [-0.4, -0.2) is 36.1 Å². The van der Waals surface area contributed by atoms with Gasteiger partial charge in [-0.2, -0.15) is 0 Å². The predicted octanol–water partition coefficient (Wildman–Crippen LogP) is 1.31. The van der Waals surface area contributed by atoms with E-state index in [9.17, 15) is 4.79 Å². The van der Waals surface area contributed by atoms with Gasteiger partial charge in [-0.25, -0.2) is 4.79 Å². The molecule has 0 aromatic heterocycles. The van der Waals surface area contributed by atoms with Crippen molar-refractivity contribution in [1.82, 2.24) is 10.2 Å². The lowest BCUT2D eigenvalue weighted by Gasteiger charge is -2.48. The summed E-state index contributed by atoms with van der Waals surface area (Å²) in [6, 6.07) is 0.0891. The summed E-state index contributed by atoms with van der Waals surface area (Å²) < 4.78 is 0. The van der Waals surface area contributed by atoms with Crippen LogP contribution in [0.4, 0.5) is 4.79 Å². The standard InChI is InChI=1S/C12H23N3O/c1-10-3-5-12(9-13,6-4-10)15-8-2-7-14-11(15)16/h10H,2-9,13H2,1H3,(H,14,16). The molecule has 0 spiro atoms. The number of nitrogens with one attached hydrogen (secondary N) is 1. The maximum Gasteiger partial charge on any atom is 0.317 e. The second kappa shape index (κ2) is 4.62. The van der Waals surface area contributed by atoms with Gasteiger partial charge in [0, 0.05) is 19.6 Å². The minimum atomic E-state index is -0.0585. The van der Waals surface area contributed by atoms with Crippen LogP contribution in [-0.2, 0) is 0 Å².